The summed E-state index contributed by atoms with van der Waals surface area (Å²) in [6.07, 6.45) is 4.45. The van der Waals surface area contributed by atoms with Crippen molar-refractivity contribution >= 4 is 44.5 Å². The summed E-state index contributed by atoms with van der Waals surface area (Å²) < 4.78 is 3.77. The van der Waals surface area contributed by atoms with Crippen LogP contribution in [0.3, 0.4) is 0 Å². The molecule has 1 heterocycles. The maximum atomic E-state index is 2.42. The minimum Gasteiger partial charge on any atom is -0.182 e. The highest BCUT2D eigenvalue weighted by atomic mass is 32.1. The number of nitrogens with zero attached hydrogens (tertiary/aromatic N) is 1. The lowest BCUT2D eigenvalue weighted by Gasteiger charge is -1.98. The average molecular weight is 330 g/mol. The van der Waals surface area contributed by atoms with Gasteiger partial charge in [0.25, 0.3) is 5.01 Å². The number of aryl methyl sites for hydroxylation is 2. The molecule has 24 heavy (non-hydrogen) atoms. The third kappa shape index (κ3) is 2.63. The number of hydrogen-bond acceptors (Lipinski definition) is 1. The average Bonchev–Trinajstić information content (AvgIpc) is 2.99. The summed E-state index contributed by atoms with van der Waals surface area (Å²) in [5.74, 6) is 0. The van der Waals surface area contributed by atoms with Crippen molar-refractivity contribution in [1.82, 2.24) is 0 Å². The summed E-state index contributed by atoms with van der Waals surface area (Å²) >= 11 is 1.86. The first kappa shape index (κ1) is 15.1. The molecule has 0 aliphatic rings. The summed E-state index contributed by atoms with van der Waals surface area (Å²) in [6.45, 7) is 5.31. The zero-order chi connectivity index (χ0) is 16.5. The van der Waals surface area contributed by atoms with Gasteiger partial charge < -0.3 is 0 Å². The topological polar surface area (TPSA) is 3.88 Å². The quantitative estimate of drug-likeness (QED) is 0.415. The third-order valence-corrected chi connectivity index (χ3v) is 5.54. The zero-order valence-electron chi connectivity index (χ0n) is 14.0. The van der Waals surface area contributed by atoms with Crippen molar-refractivity contribution in [2.45, 2.75) is 20.4 Å². The molecular weight excluding hydrogens is 310 g/mol. The summed E-state index contributed by atoms with van der Waals surface area (Å²) in [6, 6.07) is 21.8. The summed E-state index contributed by atoms with van der Waals surface area (Å²) in [4.78, 5) is 0. The maximum absolute atomic E-state index is 2.42. The predicted octanol–water partition coefficient (Wildman–Crippen LogP) is 5.84. The molecule has 0 unspecified atom stereocenters. The van der Waals surface area contributed by atoms with Crippen molar-refractivity contribution in [2.24, 2.45) is 0 Å². The molecule has 0 fully saturated rings. The number of fused-ring (bicyclic) bond motifs is 3. The van der Waals surface area contributed by atoms with Gasteiger partial charge in [-0.15, -0.1) is 0 Å². The van der Waals surface area contributed by atoms with Crippen LogP contribution in [0.25, 0.3) is 33.1 Å². The third-order valence-electron chi connectivity index (χ3n) is 4.43. The van der Waals surface area contributed by atoms with Gasteiger partial charge in [0.2, 0.25) is 5.52 Å². The van der Waals surface area contributed by atoms with Crippen LogP contribution in [-0.2, 0) is 6.54 Å². The first-order valence-corrected chi connectivity index (χ1v) is 9.17. The van der Waals surface area contributed by atoms with E-state index in [0.717, 1.165) is 6.54 Å². The fourth-order valence-electron chi connectivity index (χ4n) is 3.16. The molecule has 0 saturated carbocycles. The molecule has 0 aliphatic heterocycles. The van der Waals surface area contributed by atoms with Gasteiger partial charge in [-0.05, 0) is 43.0 Å². The maximum Gasteiger partial charge on any atom is 0.262 e. The van der Waals surface area contributed by atoms with E-state index < -0.39 is 0 Å². The van der Waals surface area contributed by atoms with E-state index in [-0.39, 0.29) is 0 Å². The van der Waals surface area contributed by atoms with Crippen LogP contribution in [0.4, 0.5) is 0 Å². The van der Waals surface area contributed by atoms with Gasteiger partial charge in [0.05, 0.1) is 5.39 Å². The lowest BCUT2D eigenvalue weighted by molar-refractivity contribution is -0.664. The molecule has 0 saturated heterocycles. The van der Waals surface area contributed by atoms with Crippen LogP contribution >= 0.6 is 11.3 Å². The van der Waals surface area contributed by atoms with Crippen molar-refractivity contribution in [1.29, 1.82) is 0 Å². The van der Waals surface area contributed by atoms with Gasteiger partial charge in [0.15, 0.2) is 0 Å². The van der Waals surface area contributed by atoms with E-state index in [1.165, 1.54) is 37.1 Å². The van der Waals surface area contributed by atoms with Crippen LogP contribution in [0.2, 0.25) is 0 Å². The highest BCUT2D eigenvalue weighted by molar-refractivity contribution is 7.19. The Hall–Kier alpha value is -2.45. The normalized spacial score (nSPS) is 11.8. The first-order chi connectivity index (χ1) is 11.8. The van der Waals surface area contributed by atoms with E-state index in [4.69, 9.17) is 0 Å². The van der Waals surface area contributed by atoms with E-state index in [1.807, 2.05) is 11.3 Å². The second kappa shape index (κ2) is 6.21. The van der Waals surface area contributed by atoms with Crippen molar-refractivity contribution in [3.8, 4) is 0 Å². The molecule has 0 N–H and O–H groups in total. The molecule has 0 bridgehead atoms. The lowest BCUT2D eigenvalue weighted by Crippen LogP contribution is -2.33. The standard InChI is InChI=1S/C22H20NS/c1-3-23-21(15-12-17-10-8-16(2)9-11-17)24-20-14-13-18-6-4-5-7-19(18)22(20)23/h4-15H,3H2,1-2H3/q+1. The molecule has 118 valence electrons. The largest absolute Gasteiger partial charge is 0.262 e. The number of thiazole rings is 1. The number of benzene rings is 3. The molecule has 3 aromatic carbocycles. The minimum atomic E-state index is 0.974. The Bertz CT molecular complexity index is 1040. The van der Waals surface area contributed by atoms with Crippen LogP contribution in [0.1, 0.15) is 23.1 Å². The zero-order valence-corrected chi connectivity index (χ0v) is 14.8. The fourth-order valence-corrected chi connectivity index (χ4v) is 4.30. The van der Waals surface area contributed by atoms with Gasteiger partial charge in [-0.3, -0.25) is 0 Å². The van der Waals surface area contributed by atoms with Crippen LogP contribution in [0.5, 0.6) is 0 Å². The number of rotatable bonds is 3. The molecular formula is C22H20NS+. The van der Waals surface area contributed by atoms with E-state index in [9.17, 15) is 0 Å². The molecule has 4 rings (SSSR count). The Balaban J connectivity index is 1.86. The van der Waals surface area contributed by atoms with E-state index in [0.29, 0.717) is 0 Å². The lowest BCUT2D eigenvalue weighted by atomic mass is 10.1. The van der Waals surface area contributed by atoms with E-state index >= 15 is 0 Å². The highest BCUT2D eigenvalue weighted by Crippen LogP contribution is 2.29. The molecule has 1 nitrogen and oxygen atoms in total. The molecule has 1 aromatic heterocycles. The van der Waals surface area contributed by atoms with Gasteiger partial charge in [0.1, 0.15) is 11.2 Å². The smallest absolute Gasteiger partial charge is 0.182 e. The Morgan fingerprint density at radius 1 is 0.917 bits per heavy atom. The van der Waals surface area contributed by atoms with Gasteiger partial charge in [0, 0.05) is 6.08 Å². The van der Waals surface area contributed by atoms with Gasteiger partial charge in [-0.1, -0.05) is 65.4 Å². The molecule has 0 radical (unpaired) electrons. The van der Waals surface area contributed by atoms with Gasteiger partial charge >= 0.3 is 0 Å². The van der Waals surface area contributed by atoms with Gasteiger partial charge in [-0.25, -0.2) is 0 Å². The number of hydrogen-bond donors (Lipinski definition) is 0. The summed E-state index contributed by atoms with van der Waals surface area (Å²) in [5.41, 5.74) is 3.89. The molecule has 0 aliphatic carbocycles. The Kier molecular flexibility index (Phi) is 3.91. The number of aromatic nitrogens is 1. The fraction of sp³-hybridized carbons (Fsp3) is 0.136. The molecule has 0 spiro atoms. The van der Waals surface area contributed by atoms with Crippen LogP contribution in [0, 0.1) is 6.92 Å². The van der Waals surface area contributed by atoms with Crippen molar-refractivity contribution in [3.05, 3.63) is 76.8 Å². The monoisotopic (exact) mass is 330 g/mol. The Labute approximate surface area is 146 Å². The first-order valence-electron chi connectivity index (χ1n) is 8.35. The van der Waals surface area contributed by atoms with Crippen LogP contribution in [-0.4, -0.2) is 0 Å². The predicted molar refractivity (Wildman–Crippen MR) is 105 cm³/mol. The Morgan fingerprint density at radius 3 is 2.50 bits per heavy atom. The van der Waals surface area contributed by atoms with Crippen molar-refractivity contribution in [3.63, 3.8) is 0 Å². The van der Waals surface area contributed by atoms with Gasteiger partial charge in [-0.2, -0.15) is 4.57 Å². The summed E-state index contributed by atoms with van der Waals surface area (Å²) in [7, 11) is 0. The van der Waals surface area contributed by atoms with Crippen LogP contribution in [0.15, 0.2) is 60.7 Å². The second-order valence-corrected chi connectivity index (χ2v) is 7.12. The van der Waals surface area contributed by atoms with Crippen LogP contribution < -0.4 is 4.57 Å². The highest BCUT2D eigenvalue weighted by Gasteiger charge is 2.19. The SMILES string of the molecule is CC[n+]1c(C=Cc2ccc(C)cc2)sc2ccc3ccccc3c21. The van der Waals surface area contributed by atoms with E-state index in [2.05, 4.69) is 91.2 Å². The van der Waals surface area contributed by atoms with Crippen molar-refractivity contribution < 1.29 is 4.57 Å². The summed E-state index contributed by atoms with van der Waals surface area (Å²) in [5, 5.41) is 3.94. The van der Waals surface area contributed by atoms with E-state index in [1.54, 1.807) is 0 Å². The minimum absolute atomic E-state index is 0.974. The molecule has 0 amide bonds. The Morgan fingerprint density at radius 2 is 1.71 bits per heavy atom. The van der Waals surface area contributed by atoms with Crippen molar-refractivity contribution in [2.75, 3.05) is 0 Å². The molecule has 2 heteroatoms. The molecule has 0 atom stereocenters. The molecule has 4 aromatic rings. The second-order valence-electron chi connectivity index (χ2n) is 6.06.